The highest BCUT2D eigenvalue weighted by molar-refractivity contribution is 7.22. The number of carbonyl (C=O) groups is 1. The second-order valence-electron chi connectivity index (χ2n) is 7.12. The van der Waals surface area contributed by atoms with Crippen molar-refractivity contribution < 1.29 is 27.4 Å². The molecule has 0 spiro atoms. The van der Waals surface area contributed by atoms with Gasteiger partial charge in [0.1, 0.15) is 11.4 Å². The van der Waals surface area contributed by atoms with Crippen molar-refractivity contribution >= 4 is 32.6 Å². The lowest BCUT2D eigenvalue weighted by Crippen LogP contribution is -2.43. The fourth-order valence-corrected chi connectivity index (χ4v) is 4.48. The van der Waals surface area contributed by atoms with Crippen molar-refractivity contribution in [2.45, 2.75) is 19.8 Å². The summed E-state index contributed by atoms with van der Waals surface area (Å²) in [5.74, 6) is -0.584. The minimum absolute atomic E-state index is 0.261. The molecule has 4 rings (SSSR count). The first-order chi connectivity index (χ1) is 15.3. The average Bonchev–Trinajstić information content (AvgIpc) is 3.39. The van der Waals surface area contributed by atoms with E-state index < -0.39 is 6.36 Å². The number of amides is 1. The van der Waals surface area contributed by atoms with E-state index in [4.69, 9.17) is 4.74 Å². The van der Waals surface area contributed by atoms with Gasteiger partial charge in [-0.25, -0.2) is 4.98 Å². The van der Waals surface area contributed by atoms with Crippen molar-refractivity contribution in [3.8, 4) is 5.75 Å². The number of aromatic nitrogens is 3. The second kappa shape index (κ2) is 9.43. The van der Waals surface area contributed by atoms with Crippen molar-refractivity contribution in [3.05, 3.63) is 36.2 Å². The van der Waals surface area contributed by atoms with Crippen LogP contribution in [0.2, 0.25) is 0 Å². The van der Waals surface area contributed by atoms with Crippen molar-refractivity contribution in [1.29, 1.82) is 0 Å². The Morgan fingerprint density at radius 2 is 2.06 bits per heavy atom. The zero-order valence-corrected chi connectivity index (χ0v) is 18.2. The number of thiazole rings is 1. The van der Waals surface area contributed by atoms with Gasteiger partial charge in [-0.2, -0.15) is 5.10 Å². The summed E-state index contributed by atoms with van der Waals surface area (Å²) >= 11 is 1.14. The number of anilines is 1. The molecular formula is C20H22F3N5O3S. The van der Waals surface area contributed by atoms with Crippen LogP contribution in [0.3, 0.4) is 0 Å². The summed E-state index contributed by atoms with van der Waals surface area (Å²) < 4.78 is 49.2. The van der Waals surface area contributed by atoms with E-state index >= 15 is 0 Å². The molecule has 1 saturated heterocycles. The topological polar surface area (TPSA) is 72.7 Å². The van der Waals surface area contributed by atoms with E-state index in [1.807, 2.05) is 6.92 Å². The standard InChI is InChI=1S/C20H22F3N5O3S/c1-2-28-16(5-6-24-28)18(29)27(8-7-26-9-11-30-12-10-26)19-25-15-4-3-14(13-17(15)32-19)31-20(21,22)23/h3-6,13H,2,7-12H2,1H3. The van der Waals surface area contributed by atoms with Crippen molar-refractivity contribution in [3.63, 3.8) is 0 Å². The Bertz CT molecular complexity index is 1080. The number of aryl methyl sites for hydroxylation is 1. The van der Waals surface area contributed by atoms with Gasteiger partial charge in [-0.15, -0.1) is 13.2 Å². The van der Waals surface area contributed by atoms with Crippen LogP contribution in [0.1, 0.15) is 17.4 Å². The molecular weight excluding hydrogens is 447 g/mol. The number of ether oxygens (including phenoxy) is 2. The molecule has 1 aliphatic rings. The van der Waals surface area contributed by atoms with E-state index in [-0.39, 0.29) is 11.7 Å². The molecule has 0 N–H and O–H groups in total. The number of morpholine rings is 1. The lowest BCUT2D eigenvalue weighted by molar-refractivity contribution is -0.274. The molecule has 0 bridgehead atoms. The van der Waals surface area contributed by atoms with Crippen LogP contribution in [0.4, 0.5) is 18.3 Å². The number of fused-ring (bicyclic) bond motifs is 1. The van der Waals surface area contributed by atoms with Gasteiger partial charge in [-0.3, -0.25) is 19.3 Å². The maximum Gasteiger partial charge on any atom is 0.573 e. The third-order valence-electron chi connectivity index (χ3n) is 5.04. The van der Waals surface area contributed by atoms with E-state index in [1.165, 1.54) is 18.2 Å². The number of carbonyl (C=O) groups excluding carboxylic acids is 1. The SMILES string of the molecule is CCn1nccc1C(=O)N(CCN1CCOCC1)c1nc2ccc(OC(F)(F)F)cc2s1. The molecule has 12 heteroatoms. The minimum Gasteiger partial charge on any atom is -0.406 e. The number of halogens is 3. The van der Waals surface area contributed by atoms with Gasteiger partial charge in [0.25, 0.3) is 5.91 Å². The van der Waals surface area contributed by atoms with Crippen LogP contribution in [0.15, 0.2) is 30.5 Å². The van der Waals surface area contributed by atoms with Crippen LogP contribution in [0.5, 0.6) is 5.75 Å². The number of alkyl halides is 3. The molecule has 8 nitrogen and oxygen atoms in total. The molecule has 3 aromatic rings. The van der Waals surface area contributed by atoms with E-state index in [0.29, 0.717) is 53.9 Å². The predicted molar refractivity (Wildman–Crippen MR) is 113 cm³/mol. The summed E-state index contributed by atoms with van der Waals surface area (Å²) in [5.41, 5.74) is 0.919. The Morgan fingerprint density at radius 1 is 1.28 bits per heavy atom. The van der Waals surface area contributed by atoms with Gasteiger partial charge in [0, 0.05) is 45.0 Å². The van der Waals surface area contributed by atoms with Crippen LogP contribution in [0.25, 0.3) is 10.2 Å². The van der Waals surface area contributed by atoms with Gasteiger partial charge in [0.15, 0.2) is 5.13 Å². The first kappa shape index (κ1) is 22.5. The first-order valence-corrected chi connectivity index (χ1v) is 11.0. The molecule has 1 fully saturated rings. The monoisotopic (exact) mass is 469 g/mol. The molecule has 1 aliphatic heterocycles. The van der Waals surface area contributed by atoms with E-state index in [2.05, 4.69) is 19.7 Å². The Labute approximate surface area is 186 Å². The highest BCUT2D eigenvalue weighted by Gasteiger charge is 2.31. The quantitative estimate of drug-likeness (QED) is 0.528. The number of rotatable bonds is 7. The minimum atomic E-state index is -4.78. The summed E-state index contributed by atoms with van der Waals surface area (Å²) in [4.78, 5) is 21.7. The fraction of sp³-hybridized carbons (Fsp3) is 0.450. The third-order valence-corrected chi connectivity index (χ3v) is 6.08. The number of nitrogens with zero attached hydrogens (tertiary/aromatic N) is 5. The van der Waals surface area contributed by atoms with Crippen LogP contribution in [-0.2, 0) is 11.3 Å². The molecule has 0 saturated carbocycles. The van der Waals surface area contributed by atoms with Gasteiger partial charge in [-0.05, 0) is 25.1 Å². The molecule has 0 atom stereocenters. The van der Waals surface area contributed by atoms with E-state index in [9.17, 15) is 18.0 Å². The highest BCUT2D eigenvalue weighted by Crippen LogP contribution is 2.33. The zero-order chi connectivity index (χ0) is 22.7. The molecule has 2 aromatic heterocycles. The molecule has 32 heavy (non-hydrogen) atoms. The van der Waals surface area contributed by atoms with Gasteiger partial charge in [0.05, 0.1) is 23.4 Å². The van der Waals surface area contributed by atoms with Crippen molar-refractivity contribution in [2.24, 2.45) is 0 Å². The molecule has 3 heterocycles. The maximum absolute atomic E-state index is 13.4. The van der Waals surface area contributed by atoms with Crippen molar-refractivity contribution in [1.82, 2.24) is 19.7 Å². The molecule has 0 radical (unpaired) electrons. The number of hydrogen-bond acceptors (Lipinski definition) is 7. The Kier molecular flexibility index (Phi) is 6.63. The predicted octanol–water partition coefficient (Wildman–Crippen LogP) is 3.39. The zero-order valence-electron chi connectivity index (χ0n) is 17.3. The second-order valence-corrected chi connectivity index (χ2v) is 8.13. The Balaban J connectivity index is 1.63. The number of benzene rings is 1. The Hall–Kier alpha value is -2.70. The average molecular weight is 469 g/mol. The van der Waals surface area contributed by atoms with Crippen LogP contribution < -0.4 is 9.64 Å². The molecule has 1 aromatic carbocycles. The molecule has 1 amide bonds. The summed E-state index contributed by atoms with van der Waals surface area (Å²) in [7, 11) is 0. The maximum atomic E-state index is 13.4. The third kappa shape index (κ3) is 5.19. The normalized spacial score (nSPS) is 15.2. The van der Waals surface area contributed by atoms with E-state index in [0.717, 1.165) is 24.4 Å². The largest absolute Gasteiger partial charge is 0.573 e. The fourth-order valence-electron chi connectivity index (χ4n) is 3.46. The first-order valence-electron chi connectivity index (χ1n) is 10.1. The lowest BCUT2D eigenvalue weighted by atomic mass is 10.3. The number of hydrogen-bond donors (Lipinski definition) is 0. The van der Waals surface area contributed by atoms with E-state index in [1.54, 1.807) is 21.8 Å². The van der Waals surface area contributed by atoms with Crippen LogP contribution in [0, 0.1) is 0 Å². The molecule has 0 unspecified atom stereocenters. The van der Waals surface area contributed by atoms with Gasteiger partial charge in [-0.1, -0.05) is 11.3 Å². The molecule has 0 aliphatic carbocycles. The summed E-state index contributed by atoms with van der Waals surface area (Å²) in [6.07, 6.45) is -3.21. The lowest BCUT2D eigenvalue weighted by Gasteiger charge is -2.29. The van der Waals surface area contributed by atoms with Crippen molar-refractivity contribution in [2.75, 3.05) is 44.3 Å². The van der Waals surface area contributed by atoms with Crippen LogP contribution >= 0.6 is 11.3 Å². The van der Waals surface area contributed by atoms with Crippen LogP contribution in [-0.4, -0.2) is 71.3 Å². The Morgan fingerprint density at radius 3 is 2.78 bits per heavy atom. The summed E-state index contributed by atoms with van der Waals surface area (Å²) in [6, 6.07) is 5.60. The van der Waals surface area contributed by atoms with Gasteiger partial charge >= 0.3 is 6.36 Å². The smallest absolute Gasteiger partial charge is 0.406 e. The van der Waals surface area contributed by atoms with Gasteiger partial charge < -0.3 is 9.47 Å². The summed E-state index contributed by atoms with van der Waals surface area (Å²) in [6.45, 7) is 6.23. The highest BCUT2D eigenvalue weighted by atomic mass is 32.1. The molecule has 172 valence electrons. The summed E-state index contributed by atoms with van der Waals surface area (Å²) in [5, 5.41) is 4.58. The van der Waals surface area contributed by atoms with Gasteiger partial charge in [0.2, 0.25) is 0 Å².